The van der Waals surface area contributed by atoms with Crippen molar-refractivity contribution in [2.75, 3.05) is 11.9 Å². The molecule has 7 nitrogen and oxygen atoms in total. The van der Waals surface area contributed by atoms with Gasteiger partial charge in [-0.3, -0.25) is 9.48 Å². The normalized spacial score (nSPS) is 16.8. The lowest BCUT2D eigenvalue weighted by atomic mass is 9.94. The van der Waals surface area contributed by atoms with Crippen LogP contribution in [-0.2, 0) is 13.0 Å². The van der Waals surface area contributed by atoms with Crippen LogP contribution in [0.4, 0.5) is 5.82 Å². The summed E-state index contributed by atoms with van der Waals surface area (Å²) >= 11 is 1.65. The van der Waals surface area contributed by atoms with Crippen LogP contribution in [0.1, 0.15) is 33.9 Å². The number of nitrogens with zero attached hydrogens (tertiary/aromatic N) is 4. The fourth-order valence-corrected chi connectivity index (χ4v) is 4.41. The molecule has 130 valence electrons. The van der Waals surface area contributed by atoms with E-state index in [2.05, 4.69) is 32.7 Å². The van der Waals surface area contributed by atoms with Gasteiger partial charge in [-0.25, -0.2) is 9.97 Å². The number of primary amides is 1. The Labute approximate surface area is 149 Å². The first kappa shape index (κ1) is 16.0. The zero-order valence-electron chi connectivity index (χ0n) is 14.2. The molecule has 1 aliphatic heterocycles. The maximum absolute atomic E-state index is 11.5. The number of aromatic nitrogens is 4. The van der Waals surface area contributed by atoms with Gasteiger partial charge in [-0.15, -0.1) is 11.3 Å². The first-order chi connectivity index (χ1) is 12.0. The second-order valence-electron chi connectivity index (χ2n) is 6.55. The van der Waals surface area contributed by atoms with Crippen molar-refractivity contribution in [1.29, 1.82) is 0 Å². The number of hydrogen-bond acceptors (Lipinski definition) is 6. The Morgan fingerprint density at radius 1 is 1.44 bits per heavy atom. The van der Waals surface area contributed by atoms with E-state index < -0.39 is 5.91 Å². The van der Waals surface area contributed by atoms with Gasteiger partial charge in [0.05, 0.1) is 22.8 Å². The lowest BCUT2D eigenvalue weighted by Gasteiger charge is -2.24. The third-order valence-electron chi connectivity index (χ3n) is 4.73. The van der Waals surface area contributed by atoms with Crippen LogP contribution >= 0.6 is 11.3 Å². The van der Waals surface area contributed by atoms with E-state index in [1.165, 1.54) is 5.56 Å². The summed E-state index contributed by atoms with van der Waals surface area (Å²) in [5, 5.41) is 11.0. The summed E-state index contributed by atoms with van der Waals surface area (Å²) < 4.78 is 1.90. The van der Waals surface area contributed by atoms with Crippen molar-refractivity contribution in [3.05, 3.63) is 34.2 Å². The van der Waals surface area contributed by atoms with Gasteiger partial charge in [0.1, 0.15) is 16.5 Å². The largest absolute Gasteiger partial charge is 0.369 e. The molecule has 4 heterocycles. The van der Waals surface area contributed by atoms with Crippen LogP contribution in [0.3, 0.4) is 0 Å². The van der Waals surface area contributed by atoms with E-state index in [1.807, 2.05) is 11.6 Å². The number of thiophene rings is 1. The predicted molar refractivity (Wildman–Crippen MR) is 97.9 cm³/mol. The number of hydrogen-bond donors (Lipinski definition) is 2. The molecule has 3 N–H and O–H groups in total. The standard InChI is InChI=1S/C17H20N6OS/c1-9-8-25-17-14(9)16(21-10(2)22-17)19-6-11-3-4-23-13(5-11)12(7-20-23)15(18)24/h7-8,11H,3-6H2,1-2H3,(H2,18,24)(H,19,21,22). The van der Waals surface area contributed by atoms with Gasteiger partial charge in [0, 0.05) is 13.1 Å². The van der Waals surface area contributed by atoms with E-state index in [0.717, 1.165) is 53.5 Å². The number of amides is 1. The number of aryl methyl sites for hydroxylation is 3. The molecule has 0 aromatic carbocycles. The van der Waals surface area contributed by atoms with E-state index in [-0.39, 0.29) is 0 Å². The Kier molecular flexibility index (Phi) is 3.91. The van der Waals surface area contributed by atoms with Crippen molar-refractivity contribution in [2.24, 2.45) is 11.7 Å². The highest BCUT2D eigenvalue weighted by Crippen LogP contribution is 2.30. The number of carbonyl (C=O) groups excluding carboxylic acids is 1. The molecule has 3 aromatic heterocycles. The van der Waals surface area contributed by atoms with E-state index >= 15 is 0 Å². The monoisotopic (exact) mass is 356 g/mol. The van der Waals surface area contributed by atoms with Gasteiger partial charge in [0.15, 0.2) is 0 Å². The molecule has 0 fully saturated rings. The Morgan fingerprint density at radius 2 is 2.28 bits per heavy atom. The van der Waals surface area contributed by atoms with Crippen LogP contribution in [0, 0.1) is 19.8 Å². The number of nitrogens with one attached hydrogen (secondary N) is 1. The van der Waals surface area contributed by atoms with Crippen LogP contribution < -0.4 is 11.1 Å². The molecule has 0 radical (unpaired) electrons. The molecule has 1 aliphatic rings. The van der Waals surface area contributed by atoms with Crippen molar-refractivity contribution in [2.45, 2.75) is 33.2 Å². The molecule has 1 unspecified atom stereocenters. The summed E-state index contributed by atoms with van der Waals surface area (Å²) in [5.41, 5.74) is 8.13. The van der Waals surface area contributed by atoms with E-state index in [0.29, 0.717) is 11.5 Å². The van der Waals surface area contributed by atoms with Gasteiger partial charge in [-0.2, -0.15) is 5.10 Å². The molecule has 1 atom stereocenters. The highest BCUT2D eigenvalue weighted by atomic mass is 32.1. The van der Waals surface area contributed by atoms with Crippen molar-refractivity contribution >= 4 is 33.3 Å². The van der Waals surface area contributed by atoms with Crippen LogP contribution in [0.5, 0.6) is 0 Å². The van der Waals surface area contributed by atoms with Crippen LogP contribution in [0.15, 0.2) is 11.6 Å². The minimum atomic E-state index is -0.406. The maximum Gasteiger partial charge on any atom is 0.252 e. The number of anilines is 1. The topological polar surface area (TPSA) is 98.7 Å². The summed E-state index contributed by atoms with van der Waals surface area (Å²) in [5.74, 6) is 1.67. The fraction of sp³-hybridized carbons (Fsp3) is 0.412. The Hall–Kier alpha value is -2.48. The predicted octanol–water partition coefficient (Wildman–Crippen LogP) is 2.28. The molecule has 25 heavy (non-hydrogen) atoms. The molecule has 1 amide bonds. The second kappa shape index (κ2) is 6.11. The SMILES string of the molecule is Cc1nc(NCC2CCn3ncc(C(N)=O)c3C2)c2c(C)csc2n1. The highest BCUT2D eigenvalue weighted by molar-refractivity contribution is 7.17. The third kappa shape index (κ3) is 2.86. The lowest BCUT2D eigenvalue weighted by molar-refractivity contribution is 0.0998. The van der Waals surface area contributed by atoms with Gasteiger partial charge in [0.2, 0.25) is 0 Å². The zero-order valence-corrected chi connectivity index (χ0v) is 15.1. The summed E-state index contributed by atoms with van der Waals surface area (Å²) in [6, 6.07) is 0. The Balaban J connectivity index is 1.54. The average molecular weight is 356 g/mol. The Bertz CT molecular complexity index is 960. The van der Waals surface area contributed by atoms with Crippen LogP contribution in [0.2, 0.25) is 0 Å². The van der Waals surface area contributed by atoms with E-state index in [1.54, 1.807) is 17.5 Å². The number of nitrogens with two attached hydrogens (primary N) is 1. The first-order valence-electron chi connectivity index (χ1n) is 8.33. The highest BCUT2D eigenvalue weighted by Gasteiger charge is 2.24. The summed E-state index contributed by atoms with van der Waals surface area (Å²) in [4.78, 5) is 21.7. The van der Waals surface area contributed by atoms with Crippen molar-refractivity contribution < 1.29 is 4.79 Å². The minimum absolute atomic E-state index is 0.406. The number of fused-ring (bicyclic) bond motifs is 2. The average Bonchev–Trinajstić information content (AvgIpc) is 3.16. The van der Waals surface area contributed by atoms with Crippen molar-refractivity contribution in [3.8, 4) is 0 Å². The van der Waals surface area contributed by atoms with Gasteiger partial charge in [-0.1, -0.05) is 0 Å². The molecule has 0 saturated carbocycles. The molecule has 4 rings (SSSR count). The molecule has 8 heteroatoms. The molecular formula is C17H20N6OS. The molecule has 0 aliphatic carbocycles. The van der Waals surface area contributed by atoms with Gasteiger partial charge < -0.3 is 11.1 Å². The van der Waals surface area contributed by atoms with E-state index in [9.17, 15) is 4.79 Å². The molecule has 0 spiro atoms. The summed E-state index contributed by atoms with van der Waals surface area (Å²) in [7, 11) is 0. The summed E-state index contributed by atoms with van der Waals surface area (Å²) in [6.07, 6.45) is 3.39. The minimum Gasteiger partial charge on any atom is -0.369 e. The third-order valence-corrected chi connectivity index (χ3v) is 5.72. The van der Waals surface area contributed by atoms with Crippen LogP contribution in [0.25, 0.3) is 10.2 Å². The second-order valence-corrected chi connectivity index (χ2v) is 7.41. The van der Waals surface area contributed by atoms with Gasteiger partial charge >= 0.3 is 0 Å². The number of rotatable bonds is 4. The van der Waals surface area contributed by atoms with Gasteiger partial charge in [-0.05, 0) is 43.6 Å². The lowest BCUT2D eigenvalue weighted by Crippen LogP contribution is -2.27. The fourth-order valence-electron chi connectivity index (χ4n) is 3.44. The zero-order chi connectivity index (χ0) is 17.6. The van der Waals surface area contributed by atoms with E-state index in [4.69, 9.17) is 5.73 Å². The van der Waals surface area contributed by atoms with Crippen molar-refractivity contribution in [1.82, 2.24) is 19.7 Å². The smallest absolute Gasteiger partial charge is 0.252 e. The first-order valence-corrected chi connectivity index (χ1v) is 9.21. The maximum atomic E-state index is 11.5. The quantitative estimate of drug-likeness (QED) is 0.747. The molecule has 0 bridgehead atoms. The van der Waals surface area contributed by atoms with Crippen LogP contribution in [-0.4, -0.2) is 32.2 Å². The number of carbonyl (C=O) groups is 1. The van der Waals surface area contributed by atoms with Crippen molar-refractivity contribution in [3.63, 3.8) is 0 Å². The van der Waals surface area contributed by atoms with Gasteiger partial charge in [0.25, 0.3) is 5.91 Å². The Morgan fingerprint density at radius 3 is 3.08 bits per heavy atom. The molecule has 3 aromatic rings. The molecular weight excluding hydrogens is 336 g/mol. The summed E-state index contributed by atoms with van der Waals surface area (Å²) in [6.45, 7) is 5.61. The molecule has 0 saturated heterocycles.